The van der Waals surface area contributed by atoms with Gasteiger partial charge in [-0.25, -0.2) is 13.6 Å². The van der Waals surface area contributed by atoms with E-state index in [0.29, 0.717) is 5.69 Å². The molecule has 0 saturated heterocycles. The first-order valence-corrected chi connectivity index (χ1v) is 7.12. The smallest absolute Gasteiger partial charge is 0.337 e. The van der Waals surface area contributed by atoms with Gasteiger partial charge >= 0.3 is 5.97 Å². The minimum Gasteiger partial charge on any atom is -0.465 e. The van der Waals surface area contributed by atoms with Crippen LogP contribution in [0.25, 0.3) is 0 Å². The molecule has 2 aromatic rings. The van der Waals surface area contributed by atoms with Gasteiger partial charge in [0.2, 0.25) is 11.8 Å². The highest BCUT2D eigenvalue weighted by atomic mass is 19.2. The van der Waals surface area contributed by atoms with Gasteiger partial charge in [0, 0.05) is 17.4 Å². The molecule has 0 unspecified atom stereocenters. The monoisotopic (exact) mass is 348 g/mol. The predicted octanol–water partition coefficient (Wildman–Crippen LogP) is 2.72. The molecule has 2 amide bonds. The van der Waals surface area contributed by atoms with Crippen molar-refractivity contribution in [2.24, 2.45) is 0 Å². The maximum Gasteiger partial charge on any atom is 0.337 e. The molecule has 0 bridgehead atoms. The van der Waals surface area contributed by atoms with Crippen molar-refractivity contribution in [3.63, 3.8) is 0 Å². The Morgan fingerprint density at radius 2 is 1.56 bits per heavy atom. The van der Waals surface area contributed by atoms with Crippen molar-refractivity contribution in [3.05, 3.63) is 59.7 Å². The van der Waals surface area contributed by atoms with E-state index in [2.05, 4.69) is 15.4 Å². The maximum atomic E-state index is 13.1. The van der Waals surface area contributed by atoms with E-state index in [4.69, 9.17) is 0 Å². The van der Waals surface area contributed by atoms with Gasteiger partial charge in [-0.05, 0) is 30.3 Å². The summed E-state index contributed by atoms with van der Waals surface area (Å²) in [4.78, 5) is 35.1. The molecule has 0 saturated carbocycles. The van der Waals surface area contributed by atoms with Gasteiger partial charge in [0.15, 0.2) is 11.6 Å². The molecule has 8 heteroatoms. The Balaban J connectivity index is 1.94. The molecule has 0 spiro atoms. The van der Waals surface area contributed by atoms with Crippen molar-refractivity contribution in [1.29, 1.82) is 0 Å². The molecular weight excluding hydrogens is 334 g/mol. The molecule has 0 heterocycles. The Kier molecular flexibility index (Phi) is 5.78. The number of esters is 1. The van der Waals surface area contributed by atoms with Crippen molar-refractivity contribution in [2.45, 2.75) is 6.42 Å². The Bertz CT molecular complexity index is 824. The molecule has 0 fully saturated rings. The first-order valence-electron chi connectivity index (χ1n) is 7.12. The van der Waals surface area contributed by atoms with E-state index in [0.717, 1.165) is 12.1 Å². The van der Waals surface area contributed by atoms with Crippen LogP contribution in [-0.4, -0.2) is 24.9 Å². The van der Waals surface area contributed by atoms with Gasteiger partial charge in [0.05, 0.1) is 12.7 Å². The first-order chi connectivity index (χ1) is 11.9. The van der Waals surface area contributed by atoms with E-state index in [1.54, 1.807) is 6.07 Å². The number of carbonyl (C=O) groups excluding carboxylic acids is 3. The Labute approximate surface area is 141 Å². The zero-order valence-corrected chi connectivity index (χ0v) is 13.1. The number of amides is 2. The minimum atomic E-state index is -1.11. The summed E-state index contributed by atoms with van der Waals surface area (Å²) in [7, 11) is 1.23. The lowest BCUT2D eigenvalue weighted by molar-refractivity contribution is -0.123. The Morgan fingerprint density at radius 3 is 2.16 bits per heavy atom. The summed E-state index contributed by atoms with van der Waals surface area (Å²) in [6.45, 7) is 0. The molecule has 0 aliphatic rings. The second-order valence-electron chi connectivity index (χ2n) is 4.97. The van der Waals surface area contributed by atoms with Gasteiger partial charge in [0.1, 0.15) is 6.42 Å². The molecule has 6 nitrogen and oxygen atoms in total. The molecule has 2 N–H and O–H groups in total. The number of rotatable bonds is 5. The number of ether oxygens (including phenoxy) is 1. The molecule has 0 aromatic heterocycles. The highest BCUT2D eigenvalue weighted by Gasteiger charge is 2.12. The Hall–Kier alpha value is -3.29. The van der Waals surface area contributed by atoms with Crippen molar-refractivity contribution < 1.29 is 27.9 Å². The molecule has 2 aromatic carbocycles. The molecule has 0 atom stereocenters. The summed E-state index contributed by atoms with van der Waals surface area (Å²) in [6.07, 6.45) is -0.540. The number of methoxy groups -OCH3 is 1. The van der Waals surface area contributed by atoms with Crippen molar-refractivity contribution in [1.82, 2.24) is 0 Å². The van der Waals surface area contributed by atoms with Crippen molar-refractivity contribution in [3.8, 4) is 0 Å². The number of anilines is 2. The summed E-state index contributed by atoms with van der Waals surface area (Å²) in [6, 6.07) is 8.84. The van der Waals surface area contributed by atoms with E-state index in [1.807, 2.05) is 0 Å². The van der Waals surface area contributed by atoms with Gasteiger partial charge in [0.25, 0.3) is 0 Å². The second kappa shape index (κ2) is 8.00. The zero-order chi connectivity index (χ0) is 18.4. The van der Waals surface area contributed by atoms with E-state index in [1.165, 1.54) is 31.4 Å². The van der Waals surface area contributed by atoms with Crippen LogP contribution in [0.15, 0.2) is 42.5 Å². The van der Waals surface area contributed by atoms with E-state index in [9.17, 15) is 23.2 Å². The quantitative estimate of drug-likeness (QED) is 0.643. The van der Waals surface area contributed by atoms with Gasteiger partial charge < -0.3 is 15.4 Å². The third kappa shape index (κ3) is 5.10. The SMILES string of the molecule is COC(=O)c1cccc(NC(=O)CC(=O)Nc2ccc(F)c(F)c2)c1. The average Bonchev–Trinajstić information content (AvgIpc) is 2.57. The molecule has 25 heavy (non-hydrogen) atoms. The van der Waals surface area contributed by atoms with Crippen LogP contribution < -0.4 is 10.6 Å². The highest BCUT2D eigenvalue weighted by molar-refractivity contribution is 6.08. The molecule has 0 aliphatic heterocycles. The number of hydrogen-bond acceptors (Lipinski definition) is 4. The molecule has 130 valence electrons. The van der Waals surface area contributed by atoms with Crippen LogP contribution in [0.1, 0.15) is 16.8 Å². The van der Waals surface area contributed by atoms with E-state index in [-0.39, 0.29) is 11.3 Å². The predicted molar refractivity (Wildman–Crippen MR) is 86.0 cm³/mol. The highest BCUT2D eigenvalue weighted by Crippen LogP contribution is 2.14. The van der Waals surface area contributed by atoms with Gasteiger partial charge in [-0.2, -0.15) is 0 Å². The Morgan fingerprint density at radius 1 is 0.920 bits per heavy atom. The van der Waals surface area contributed by atoms with Crippen LogP contribution in [0, 0.1) is 11.6 Å². The summed E-state index contributed by atoms with van der Waals surface area (Å²) in [5.41, 5.74) is 0.587. The lowest BCUT2D eigenvalue weighted by Crippen LogP contribution is -2.21. The number of hydrogen-bond donors (Lipinski definition) is 2. The number of benzene rings is 2. The van der Waals surface area contributed by atoms with Crippen molar-refractivity contribution in [2.75, 3.05) is 17.7 Å². The van der Waals surface area contributed by atoms with E-state index < -0.39 is 35.8 Å². The molecule has 0 radical (unpaired) electrons. The topological polar surface area (TPSA) is 84.5 Å². The van der Waals surface area contributed by atoms with Crippen LogP contribution in [0.4, 0.5) is 20.2 Å². The van der Waals surface area contributed by atoms with Crippen LogP contribution in [0.3, 0.4) is 0 Å². The van der Waals surface area contributed by atoms with E-state index >= 15 is 0 Å². The molecular formula is C17H14F2N2O4. The van der Waals surface area contributed by atoms with Gasteiger partial charge in [-0.1, -0.05) is 6.07 Å². The average molecular weight is 348 g/mol. The van der Waals surface area contributed by atoms with Gasteiger partial charge in [-0.15, -0.1) is 0 Å². The number of nitrogens with one attached hydrogen (secondary N) is 2. The van der Waals surface area contributed by atoms with Crippen LogP contribution in [-0.2, 0) is 14.3 Å². The summed E-state index contributed by atoms with van der Waals surface area (Å²) in [5, 5.41) is 4.74. The van der Waals surface area contributed by atoms with Crippen LogP contribution >= 0.6 is 0 Å². The van der Waals surface area contributed by atoms with Crippen LogP contribution in [0.2, 0.25) is 0 Å². The van der Waals surface area contributed by atoms with Crippen molar-refractivity contribution >= 4 is 29.2 Å². The summed E-state index contributed by atoms with van der Waals surface area (Å²) < 4.78 is 30.5. The fourth-order valence-corrected chi connectivity index (χ4v) is 1.97. The normalized spacial score (nSPS) is 10.0. The standard InChI is InChI=1S/C17H14F2N2O4/c1-25-17(24)10-3-2-4-11(7-10)20-15(22)9-16(23)21-12-5-6-13(18)14(19)8-12/h2-8H,9H2,1H3,(H,20,22)(H,21,23). The zero-order valence-electron chi connectivity index (χ0n) is 13.1. The number of carbonyl (C=O) groups is 3. The minimum absolute atomic E-state index is 0.0318. The fourth-order valence-electron chi connectivity index (χ4n) is 1.97. The summed E-state index contributed by atoms with van der Waals surface area (Å²) >= 11 is 0. The largest absolute Gasteiger partial charge is 0.465 e. The lowest BCUT2D eigenvalue weighted by atomic mass is 10.2. The van der Waals surface area contributed by atoms with Gasteiger partial charge in [-0.3, -0.25) is 9.59 Å². The molecule has 0 aliphatic carbocycles. The molecule has 2 rings (SSSR count). The first kappa shape index (κ1) is 18.1. The fraction of sp³-hybridized carbons (Fsp3) is 0.118. The lowest BCUT2D eigenvalue weighted by Gasteiger charge is -2.08. The third-order valence-electron chi connectivity index (χ3n) is 3.09. The van der Waals surface area contributed by atoms with Crippen LogP contribution in [0.5, 0.6) is 0 Å². The maximum absolute atomic E-state index is 13.1. The third-order valence-corrected chi connectivity index (χ3v) is 3.09. The second-order valence-corrected chi connectivity index (χ2v) is 4.97. The number of halogens is 2. The summed E-state index contributed by atoms with van der Waals surface area (Å²) in [5.74, 6) is -4.05.